The second kappa shape index (κ2) is 4.60. The molecule has 0 rings (SSSR count). The fraction of sp³-hybridized carbons (Fsp3) is 0.571. The largest absolute Gasteiger partial charge is 0.550 e. The van der Waals surface area contributed by atoms with E-state index >= 15 is 0 Å². The number of hydrogen-bond acceptors (Lipinski definition) is 4. The second-order valence-electron chi connectivity index (χ2n) is 2.29. The quantitative estimate of drug-likeness (QED) is 0.483. The Bertz CT molecular complexity index is 183. The fourth-order valence-electron chi connectivity index (χ4n) is 0.608. The molecule has 0 spiro atoms. The smallest absolute Gasteiger partial charge is 0.140 e. The predicted molar refractivity (Wildman–Crippen MR) is 34.5 cm³/mol. The van der Waals surface area contributed by atoms with E-state index in [0.717, 1.165) is 0 Å². The van der Waals surface area contributed by atoms with Crippen LogP contribution in [0.15, 0.2) is 0 Å². The normalized spacial score (nSPS) is 9.18. The van der Waals surface area contributed by atoms with Crippen LogP contribution in [0.4, 0.5) is 0 Å². The summed E-state index contributed by atoms with van der Waals surface area (Å²) in [6, 6.07) is 0. The van der Waals surface area contributed by atoms with Crippen molar-refractivity contribution in [3.8, 4) is 0 Å². The Morgan fingerprint density at radius 1 is 1.18 bits per heavy atom. The molecule has 0 aromatic rings. The average Bonchev–Trinajstić information content (AvgIpc) is 1.82. The molecule has 0 aliphatic heterocycles. The van der Waals surface area contributed by atoms with Gasteiger partial charge in [-0.15, -0.1) is 0 Å². The fourth-order valence-corrected chi connectivity index (χ4v) is 0.608. The Kier molecular flexibility index (Phi) is 4.10. The minimum atomic E-state index is -1.26. The third-order valence-corrected chi connectivity index (χ3v) is 1.05. The molecule has 4 heteroatoms. The van der Waals surface area contributed by atoms with Crippen molar-refractivity contribution >= 4 is 17.5 Å². The van der Waals surface area contributed by atoms with Crippen molar-refractivity contribution in [2.45, 2.75) is 26.2 Å². The lowest BCUT2D eigenvalue weighted by Gasteiger charge is -1.98. The van der Waals surface area contributed by atoms with Gasteiger partial charge in [0.25, 0.3) is 0 Å². The Balaban J connectivity index is 3.53. The zero-order chi connectivity index (χ0) is 8.85. The molecule has 0 aliphatic rings. The summed E-state index contributed by atoms with van der Waals surface area (Å²) in [5, 5.41) is 9.84. The van der Waals surface area contributed by atoms with Gasteiger partial charge in [-0.2, -0.15) is 0 Å². The third kappa shape index (κ3) is 6.70. The van der Waals surface area contributed by atoms with Crippen LogP contribution in [0.1, 0.15) is 26.2 Å². The van der Waals surface area contributed by atoms with Crippen molar-refractivity contribution in [2.24, 2.45) is 0 Å². The first kappa shape index (κ1) is 9.81. The first-order chi connectivity index (χ1) is 5.02. The molecule has 0 N–H and O–H groups in total. The molecular weight excluding hydrogens is 148 g/mol. The molecule has 0 aromatic carbocycles. The first-order valence-corrected chi connectivity index (χ1v) is 3.23. The summed E-state index contributed by atoms with van der Waals surface area (Å²) in [6.07, 6.45) is -0.582. The van der Waals surface area contributed by atoms with Gasteiger partial charge in [-0.05, 0) is 13.3 Å². The highest BCUT2D eigenvalue weighted by Crippen LogP contribution is 1.94. The summed E-state index contributed by atoms with van der Waals surface area (Å²) < 4.78 is 0. The highest BCUT2D eigenvalue weighted by molar-refractivity contribution is 5.98. The van der Waals surface area contributed by atoms with E-state index in [4.69, 9.17) is 0 Å². The van der Waals surface area contributed by atoms with Gasteiger partial charge in [0.15, 0.2) is 0 Å². The van der Waals surface area contributed by atoms with E-state index in [1.54, 1.807) is 0 Å². The van der Waals surface area contributed by atoms with Crippen LogP contribution in [0.3, 0.4) is 0 Å². The summed E-state index contributed by atoms with van der Waals surface area (Å²) in [4.78, 5) is 30.8. The molecule has 62 valence electrons. The maximum atomic E-state index is 10.6. The van der Waals surface area contributed by atoms with E-state index < -0.39 is 5.97 Å². The minimum absolute atomic E-state index is 0.109. The van der Waals surface area contributed by atoms with Crippen LogP contribution in [0.2, 0.25) is 0 Å². The summed E-state index contributed by atoms with van der Waals surface area (Å²) in [7, 11) is 0. The Morgan fingerprint density at radius 3 is 2.09 bits per heavy atom. The number of hydrogen-bond donors (Lipinski definition) is 0. The zero-order valence-corrected chi connectivity index (χ0v) is 6.25. The molecule has 0 radical (unpaired) electrons. The molecule has 0 bridgehead atoms. The van der Waals surface area contributed by atoms with Crippen LogP contribution in [0.25, 0.3) is 0 Å². The van der Waals surface area contributed by atoms with Crippen molar-refractivity contribution in [1.82, 2.24) is 0 Å². The molecule has 0 fully saturated rings. The van der Waals surface area contributed by atoms with Crippen molar-refractivity contribution in [3.63, 3.8) is 0 Å². The number of Topliss-reactive ketones (excluding diaryl/α,β-unsaturated/α-hetero) is 2. The van der Waals surface area contributed by atoms with Gasteiger partial charge in [0.05, 0.1) is 6.42 Å². The maximum Gasteiger partial charge on any atom is 0.140 e. The molecule has 4 nitrogen and oxygen atoms in total. The van der Waals surface area contributed by atoms with Crippen LogP contribution in [-0.4, -0.2) is 17.5 Å². The van der Waals surface area contributed by atoms with Crippen molar-refractivity contribution < 1.29 is 19.5 Å². The molecule has 0 aliphatic carbocycles. The van der Waals surface area contributed by atoms with Gasteiger partial charge < -0.3 is 9.90 Å². The topological polar surface area (TPSA) is 74.3 Å². The average molecular weight is 157 g/mol. The van der Waals surface area contributed by atoms with E-state index in [1.165, 1.54) is 6.92 Å². The Morgan fingerprint density at radius 2 is 1.73 bits per heavy atom. The van der Waals surface area contributed by atoms with E-state index in [1.807, 2.05) is 0 Å². The van der Waals surface area contributed by atoms with E-state index in [-0.39, 0.29) is 30.8 Å². The van der Waals surface area contributed by atoms with Gasteiger partial charge in [-0.3, -0.25) is 9.59 Å². The highest BCUT2D eigenvalue weighted by Gasteiger charge is 2.04. The van der Waals surface area contributed by atoms with Crippen LogP contribution in [0.5, 0.6) is 0 Å². The summed E-state index contributed by atoms with van der Waals surface area (Å²) in [5.41, 5.74) is 0. The van der Waals surface area contributed by atoms with Gasteiger partial charge in [-0.1, -0.05) is 0 Å². The van der Waals surface area contributed by atoms with Crippen molar-refractivity contribution in [3.05, 3.63) is 0 Å². The predicted octanol–water partition coefficient (Wildman–Crippen LogP) is -0.935. The van der Waals surface area contributed by atoms with Crippen LogP contribution in [0, 0.1) is 0 Å². The Labute approximate surface area is 64.2 Å². The van der Waals surface area contributed by atoms with Crippen molar-refractivity contribution in [1.29, 1.82) is 0 Å². The minimum Gasteiger partial charge on any atom is -0.550 e. The monoisotopic (exact) mass is 157 g/mol. The van der Waals surface area contributed by atoms with E-state index in [0.29, 0.717) is 0 Å². The lowest BCUT2D eigenvalue weighted by atomic mass is 10.1. The van der Waals surface area contributed by atoms with Gasteiger partial charge >= 0.3 is 0 Å². The summed E-state index contributed by atoms with van der Waals surface area (Å²) in [6.45, 7) is 1.29. The van der Waals surface area contributed by atoms with Gasteiger partial charge in [0, 0.05) is 12.4 Å². The van der Waals surface area contributed by atoms with Crippen molar-refractivity contribution in [2.75, 3.05) is 0 Å². The molecule has 0 aromatic heterocycles. The molecule has 0 unspecified atom stereocenters. The van der Waals surface area contributed by atoms with E-state index in [9.17, 15) is 19.5 Å². The number of carboxylic acid groups (broad SMARTS) is 1. The molecule has 0 saturated heterocycles. The number of carbonyl (C=O) groups excluding carboxylic acids is 3. The lowest BCUT2D eigenvalue weighted by Crippen LogP contribution is -2.23. The lowest BCUT2D eigenvalue weighted by molar-refractivity contribution is -0.305. The molecule has 0 saturated carbocycles. The molecule has 11 heavy (non-hydrogen) atoms. The maximum absolute atomic E-state index is 10.6. The molecule has 0 heterocycles. The SMILES string of the molecule is CC(=O)CC(=O)CCC(=O)[O-]. The zero-order valence-electron chi connectivity index (χ0n) is 6.25. The van der Waals surface area contributed by atoms with Gasteiger partial charge in [0.1, 0.15) is 11.6 Å². The molecule has 0 atom stereocenters. The van der Waals surface area contributed by atoms with Gasteiger partial charge in [0.2, 0.25) is 0 Å². The first-order valence-electron chi connectivity index (χ1n) is 3.23. The van der Waals surface area contributed by atoms with Gasteiger partial charge in [-0.25, -0.2) is 0 Å². The molecular formula is C7H9O4-. The number of ketones is 2. The third-order valence-electron chi connectivity index (χ3n) is 1.05. The summed E-state index contributed by atoms with van der Waals surface area (Å²) >= 11 is 0. The number of carbonyl (C=O) groups is 3. The van der Waals surface area contributed by atoms with E-state index in [2.05, 4.69) is 0 Å². The standard InChI is InChI=1S/C7H10O4/c1-5(8)4-6(9)2-3-7(10)11/h2-4H2,1H3,(H,10,11)/p-1. The van der Waals surface area contributed by atoms with Crippen LogP contribution in [-0.2, 0) is 14.4 Å². The summed E-state index contributed by atoms with van der Waals surface area (Å²) in [5.74, 6) is -1.85. The number of rotatable bonds is 5. The van der Waals surface area contributed by atoms with Crippen LogP contribution < -0.4 is 5.11 Å². The highest BCUT2D eigenvalue weighted by atomic mass is 16.4. The second-order valence-corrected chi connectivity index (χ2v) is 2.29. The Hall–Kier alpha value is -1.19. The number of aliphatic carboxylic acids is 1. The number of carboxylic acids is 1. The molecule has 0 amide bonds. The van der Waals surface area contributed by atoms with Crippen LogP contribution >= 0.6 is 0 Å².